The molecule has 0 radical (unpaired) electrons. The number of aromatic nitrogens is 1. The Balaban J connectivity index is 2.14. The zero-order valence-corrected chi connectivity index (χ0v) is 9.59. The normalized spacial score (nSPS) is 16.6. The second-order valence-electron chi connectivity index (χ2n) is 4.51. The maximum Gasteiger partial charge on any atom is 0.0480 e. The van der Waals surface area contributed by atoms with Crippen molar-refractivity contribution in [2.24, 2.45) is 0 Å². The van der Waals surface area contributed by atoms with Crippen molar-refractivity contribution in [1.82, 2.24) is 9.88 Å². The molecule has 0 saturated heterocycles. The number of H-pyrrole nitrogens is 1. The van der Waals surface area contributed by atoms with Gasteiger partial charge in [-0.2, -0.15) is 0 Å². The molecule has 3 nitrogen and oxygen atoms in total. The Morgan fingerprint density at radius 2 is 2.31 bits per heavy atom. The number of fused-ring (bicyclic) bond motifs is 3. The van der Waals surface area contributed by atoms with E-state index in [0.717, 1.165) is 31.7 Å². The molecule has 3 rings (SSSR count). The first kappa shape index (κ1) is 9.73. The Morgan fingerprint density at radius 1 is 1.44 bits per heavy atom. The Labute approximate surface area is 95.2 Å². The van der Waals surface area contributed by atoms with Crippen LogP contribution >= 0.6 is 0 Å². The van der Waals surface area contributed by atoms with Crippen LogP contribution < -0.4 is 5.73 Å². The van der Waals surface area contributed by atoms with E-state index in [4.69, 9.17) is 5.73 Å². The number of hydrogen-bond donors (Lipinski definition) is 2. The summed E-state index contributed by atoms with van der Waals surface area (Å²) in [5.41, 5.74) is 10.7. The molecule has 0 aliphatic carbocycles. The van der Waals surface area contributed by atoms with Gasteiger partial charge in [0.2, 0.25) is 0 Å². The van der Waals surface area contributed by atoms with E-state index in [1.54, 1.807) is 0 Å². The number of nitrogens with one attached hydrogen (secondary N) is 1. The number of anilines is 1. The number of benzene rings is 1. The highest BCUT2D eigenvalue weighted by Gasteiger charge is 2.19. The van der Waals surface area contributed by atoms with Crippen molar-refractivity contribution < 1.29 is 0 Å². The van der Waals surface area contributed by atoms with Crippen LogP contribution in [-0.2, 0) is 13.0 Å². The molecule has 84 valence electrons. The molecule has 0 spiro atoms. The Hall–Kier alpha value is -1.48. The van der Waals surface area contributed by atoms with E-state index >= 15 is 0 Å². The fourth-order valence-corrected chi connectivity index (χ4v) is 2.57. The Kier molecular flexibility index (Phi) is 2.14. The van der Waals surface area contributed by atoms with E-state index in [1.807, 2.05) is 12.1 Å². The molecule has 0 fully saturated rings. The van der Waals surface area contributed by atoms with Crippen LogP contribution in [0.5, 0.6) is 0 Å². The number of rotatable bonds is 1. The van der Waals surface area contributed by atoms with Crippen molar-refractivity contribution >= 4 is 16.6 Å². The topological polar surface area (TPSA) is 45.0 Å². The van der Waals surface area contributed by atoms with E-state index in [2.05, 4.69) is 22.9 Å². The molecule has 1 aromatic carbocycles. The maximum atomic E-state index is 5.80. The molecule has 2 heterocycles. The Bertz CT molecular complexity index is 527. The third-order valence-corrected chi connectivity index (χ3v) is 3.53. The number of nitrogens with zero attached hydrogens (tertiary/aromatic N) is 1. The minimum absolute atomic E-state index is 0.832. The van der Waals surface area contributed by atoms with Gasteiger partial charge < -0.3 is 10.7 Å². The smallest absolute Gasteiger partial charge is 0.0480 e. The zero-order chi connectivity index (χ0) is 11.1. The van der Waals surface area contributed by atoms with Crippen LogP contribution in [0.1, 0.15) is 18.2 Å². The molecular weight excluding hydrogens is 198 g/mol. The standard InChI is InChI=1S/C13H17N3/c1-2-16-6-5-12-11(8-16)10-4-3-9(14)7-13(10)15-12/h3-4,7,15H,2,5-6,8,14H2,1H3. The monoisotopic (exact) mass is 215 g/mol. The Morgan fingerprint density at radius 3 is 3.12 bits per heavy atom. The first-order chi connectivity index (χ1) is 7.78. The highest BCUT2D eigenvalue weighted by atomic mass is 15.1. The summed E-state index contributed by atoms with van der Waals surface area (Å²) in [6.45, 7) is 5.57. The lowest BCUT2D eigenvalue weighted by Gasteiger charge is -2.25. The van der Waals surface area contributed by atoms with Crippen molar-refractivity contribution in [3.8, 4) is 0 Å². The van der Waals surface area contributed by atoms with Gasteiger partial charge in [0, 0.05) is 41.8 Å². The summed E-state index contributed by atoms with van der Waals surface area (Å²) >= 11 is 0. The van der Waals surface area contributed by atoms with Crippen LogP contribution in [0.3, 0.4) is 0 Å². The SMILES string of the molecule is CCN1CCc2[nH]c3cc(N)ccc3c2C1. The summed E-state index contributed by atoms with van der Waals surface area (Å²) in [7, 11) is 0. The molecule has 3 heteroatoms. The van der Waals surface area contributed by atoms with Gasteiger partial charge in [0.1, 0.15) is 0 Å². The van der Waals surface area contributed by atoms with Crippen LogP contribution in [0.15, 0.2) is 18.2 Å². The summed E-state index contributed by atoms with van der Waals surface area (Å²) in [6.07, 6.45) is 1.12. The van der Waals surface area contributed by atoms with Crippen molar-refractivity contribution in [2.75, 3.05) is 18.8 Å². The summed E-state index contributed by atoms with van der Waals surface area (Å²) in [5.74, 6) is 0. The number of hydrogen-bond acceptors (Lipinski definition) is 2. The summed E-state index contributed by atoms with van der Waals surface area (Å²) < 4.78 is 0. The minimum Gasteiger partial charge on any atom is -0.399 e. The van der Waals surface area contributed by atoms with E-state index < -0.39 is 0 Å². The first-order valence-electron chi connectivity index (χ1n) is 5.89. The largest absolute Gasteiger partial charge is 0.399 e. The summed E-state index contributed by atoms with van der Waals surface area (Å²) in [6, 6.07) is 6.16. The molecule has 0 saturated carbocycles. The van der Waals surface area contributed by atoms with Crippen LogP contribution in [0, 0.1) is 0 Å². The molecule has 0 bridgehead atoms. The zero-order valence-electron chi connectivity index (χ0n) is 9.59. The van der Waals surface area contributed by atoms with Gasteiger partial charge in [-0.1, -0.05) is 13.0 Å². The fourth-order valence-electron chi connectivity index (χ4n) is 2.57. The predicted molar refractivity (Wildman–Crippen MR) is 67.4 cm³/mol. The molecule has 2 aromatic rings. The van der Waals surface area contributed by atoms with Gasteiger partial charge in [0.25, 0.3) is 0 Å². The lowest BCUT2D eigenvalue weighted by molar-refractivity contribution is 0.268. The summed E-state index contributed by atoms with van der Waals surface area (Å²) in [5, 5.41) is 1.34. The molecule has 0 amide bonds. The quantitative estimate of drug-likeness (QED) is 0.716. The first-order valence-corrected chi connectivity index (χ1v) is 5.89. The van der Waals surface area contributed by atoms with Crippen LogP contribution in [0.2, 0.25) is 0 Å². The van der Waals surface area contributed by atoms with Gasteiger partial charge >= 0.3 is 0 Å². The van der Waals surface area contributed by atoms with Crippen molar-refractivity contribution in [3.63, 3.8) is 0 Å². The van der Waals surface area contributed by atoms with E-state index in [9.17, 15) is 0 Å². The van der Waals surface area contributed by atoms with Gasteiger partial charge in [-0.15, -0.1) is 0 Å². The molecule has 1 aromatic heterocycles. The van der Waals surface area contributed by atoms with Gasteiger partial charge in [-0.3, -0.25) is 4.90 Å². The third kappa shape index (κ3) is 1.39. The number of aromatic amines is 1. The third-order valence-electron chi connectivity index (χ3n) is 3.53. The molecule has 16 heavy (non-hydrogen) atoms. The maximum absolute atomic E-state index is 5.80. The van der Waals surface area contributed by atoms with Gasteiger partial charge in [0.05, 0.1) is 0 Å². The van der Waals surface area contributed by atoms with Crippen LogP contribution in [-0.4, -0.2) is 23.0 Å². The predicted octanol–water partition coefficient (Wildman–Crippen LogP) is 2.13. The second-order valence-corrected chi connectivity index (χ2v) is 4.51. The fraction of sp³-hybridized carbons (Fsp3) is 0.385. The number of nitrogen functional groups attached to an aromatic ring is 1. The van der Waals surface area contributed by atoms with E-state index in [1.165, 1.54) is 22.2 Å². The lowest BCUT2D eigenvalue weighted by Crippen LogP contribution is -2.29. The van der Waals surface area contributed by atoms with Crippen molar-refractivity contribution in [2.45, 2.75) is 19.9 Å². The van der Waals surface area contributed by atoms with Crippen LogP contribution in [0.4, 0.5) is 5.69 Å². The highest BCUT2D eigenvalue weighted by Crippen LogP contribution is 2.28. The second kappa shape index (κ2) is 3.52. The molecule has 0 atom stereocenters. The average molecular weight is 215 g/mol. The number of nitrogens with two attached hydrogens (primary N) is 1. The summed E-state index contributed by atoms with van der Waals surface area (Å²) in [4.78, 5) is 5.97. The van der Waals surface area contributed by atoms with Gasteiger partial charge in [0.15, 0.2) is 0 Å². The highest BCUT2D eigenvalue weighted by molar-refractivity contribution is 5.87. The van der Waals surface area contributed by atoms with Crippen molar-refractivity contribution in [1.29, 1.82) is 0 Å². The molecule has 1 aliphatic heterocycles. The molecule has 0 unspecified atom stereocenters. The number of likely N-dealkylation sites (N-methyl/N-ethyl adjacent to an activating group) is 1. The lowest BCUT2D eigenvalue weighted by atomic mass is 10.0. The average Bonchev–Trinajstić information content (AvgIpc) is 2.65. The molecular formula is C13H17N3. The molecule has 1 aliphatic rings. The van der Waals surface area contributed by atoms with E-state index in [-0.39, 0.29) is 0 Å². The molecule has 3 N–H and O–H groups in total. The van der Waals surface area contributed by atoms with Crippen LogP contribution in [0.25, 0.3) is 10.9 Å². The minimum atomic E-state index is 0.832. The van der Waals surface area contributed by atoms with Gasteiger partial charge in [-0.25, -0.2) is 0 Å². The van der Waals surface area contributed by atoms with Gasteiger partial charge in [-0.05, 0) is 24.2 Å². The van der Waals surface area contributed by atoms with E-state index in [0.29, 0.717) is 0 Å². The van der Waals surface area contributed by atoms with Crippen molar-refractivity contribution in [3.05, 3.63) is 29.5 Å².